The molecule has 0 aromatic carbocycles. The third-order valence-electron chi connectivity index (χ3n) is 2.85. The number of thiophene rings is 1. The van der Waals surface area contributed by atoms with Gasteiger partial charge in [-0.3, -0.25) is 0 Å². The minimum atomic E-state index is 0.949. The van der Waals surface area contributed by atoms with Gasteiger partial charge in [-0.1, -0.05) is 12.1 Å². The number of hydrogen-bond acceptors (Lipinski definition) is 3. The SMILES string of the molecule is c1csc(CNCCc2cn3ccccc3n2)c1. The maximum atomic E-state index is 4.57. The van der Waals surface area contributed by atoms with Crippen LogP contribution in [0.25, 0.3) is 5.65 Å². The molecule has 0 bridgehead atoms. The quantitative estimate of drug-likeness (QED) is 0.712. The van der Waals surface area contributed by atoms with Crippen molar-refractivity contribution in [1.82, 2.24) is 14.7 Å². The summed E-state index contributed by atoms with van der Waals surface area (Å²) in [5.41, 5.74) is 2.16. The van der Waals surface area contributed by atoms with E-state index in [1.54, 1.807) is 11.3 Å². The van der Waals surface area contributed by atoms with Crippen LogP contribution in [0.5, 0.6) is 0 Å². The number of fused-ring (bicyclic) bond motifs is 1. The number of hydrogen-bond donors (Lipinski definition) is 1. The molecule has 3 aromatic heterocycles. The molecule has 3 rings (SSSR count). The number of nitrogens with zero attached hydrogens (tertiary/aromatic N) is 2. The molecule has 0 fully saturated rings. The second-order valence-electron chi connectivity index (χ2n) is 4.20. The first-order valence-corrected chi connectivity index (χ1v) is 6.95. The van der Waals surface area contributed by atoms with Gasteiger partial charge in [-0.2, -0.15) is 0 Å². The van der Waals surface area contributed by atoms with Crippen LogP contribution in [0.15, 0.2) is 48.1 Å². The van der Waals surface area contributed by atoms with Crippen molar-refractivity contribution in [3.8, 4) is 0 Å². The van der Waals surface area contributed by atoms with E-state index in [0.717, 1.165) is 30.9 Å². The van der Waals surface area contributed by atoms with Crippen LogP contribution in [0.4, 0.5) is 0 Å². The monoisotopic (exact) mass is 257 g/mol. The average Bonchev–Trinajstić information content (AvgIpc) is 3.03. The Morgan fingerprint density at radius 1 is 1.22 bits per heavy atom. The molecule has 92 valence electrons. The van der Waals surface area contributed by atoms with Crippen LogP contribution in [0.3, 0.4) is 0 Å². The molecule has 3 nitrogen and oxygen atoms in total. The summed E-state index contributed by atoms with van der Waals surface area (Å²) in [6.45, 7) is 1.91. The maximum absolute atomic E-state index is 4.57. The normalized spacial score (nSPS) is 11.1. The van der Waals surface area contributed by atoms with Crippen molar-refractivity contribution < 1.29 is 0 Å². The largest absolute Gasteiger partial charge is 0.311 e. The van der Waals surface area contributed by atoms with Crippen LogP contribution in [0, 0.1) is 0 Å². The van der Waals surface area contributed by atoms with Crippen LogP contribution < -0.4 is 5.32 Å². The molecule has 0 radical (unpaired) electrons. The molecule has 0 aliphatic heterocycles. The fourth-order valence-corrected chi connectivity index (χ4v) is 2.62. The molecule has 0 unspecified atom stereocenters. The molecular weight excluding hydrogens is 242 g/mol. The Hall–Kier alpha value is -1.65. The lowest BCUT2D eigenvalue weighted by Crippen LogP contribution is -2.16. The van der Waals surface area contributed by atoms with Crippen molar-refractivity contribution in [2.45, 2.75) is 13.0 Å². The molecule has 1 N–H and O–H groups in total. The molecule has 0 spiro atoms. The highest BCUT2D eigenvalue weighted by molar-refractivity contribution is 7.09. The first kappa shape index (κ1) is 11.4. The molecule has 0 saturated heterocycles. The van der Waals surface area contributed by atoms with Crippen LogP contribution in [0.2, 0.25) is 0 Å². The Labute approximate surface area is 110 Å². The number of imidazole rings is 1. The molecule has 3 heterocycles. The van der Waals surface area contributed by atoms with Crippen LogP contribution >= 0.6 is 11.3 Å². The minimum absolute atomic E-state index is 0.949. The molecule has 0 atom stereocenters. The Bertz CT molecular complexity index is 580. The van der Waals surface area contributed by atoms with Gasteiger partial charge >= 0.3 is 0 Å². The van der Waals surface area contributed by atoms with E-state index in [4.69, 9.17) is 0 Å². The predicted octanol–water partition coefficient (Wildman–Crippen LogP) is 2.73. The zero-order valence-electron chi connectivity index (χ0n) is 10.0. The summed E-state index contributed by atoms with van der Waals surface area (Å²) >= 11 is 1.79. The summed E-state index contributed by atoms with van der Waals surface area (Å²) in [5, 5.41) is 5.55. The van der Waals surface area contributed by atoms with E-state index in [0.29, 0.717) is 0 Å². The predicted molar refractivity (Wildman–Crippen MR) is 74.9 cm³/mol. The Morgan fingerprint density at radius 2 is 2.22 bits per heavy atom. The lowest BCUT2D eigenvalue weighted by atomic mass is 10.3. The number of aromatic nitrogens is 2. The molecule has 4 heteroatoms. The van der Waals surface area contributed by atoms with Gasteiger partial charge in [0.05, 0.1) is 5.69 Å². The van der Waals surface area contributed by atoms with E-state index in [-0.39, 0.29) is 0 Å². The summed E-state index contributed by atoms with van der Waals surface area (Å²) in [6, 6.07) is 10.3. The average molecular weight is 257 g/mol. The smallest absolute Gasteiger partial charge is 0.136 e. The lowest BCUT2D eigenvalue weighted by molar-refractivity contribution is 0.688. The van der Waals surface area contributed by atoms with Crippen molar-refractivity contribution in [1.29, 1.82) is 0 Å². The second-order valence-corrected chi connectivity index (χ2v) is 5.24. The van der Waals surface area contributed by atoms with Crippen LogP contribution in [-0.2, 0) is 13.0 Å². The van der Waals surface area contributed by atoms with Gasteiger partial charge in [0.1, 0.15) is 5.65 Å². The summed E-state index contributed by atoms with van der Waals surface area (Å²) in [7, 11) is 0. The van der Waals surface area contributed by atoms with Crippen molar-refractivity contribution in [2.75, 3.05) is 6.54 Å². The van der Waals surface area contributed by atoms with E-state index in [9.17, 15) is 0 Å². The minimum Gasteiger partial charge on any atom is -0.311 e. The second kappa shape index (κ2) is 5.33. The summed E-state index contributed by atoms with van der Waals surface area (Å²) in [5.74, 6) is 0. The van der Waals surface area contributed by atoms with E-state index in [2.05, 4.69) is 38.4 Å². The third-order valence-corrected chi connectivity index (χ3v) is 3.73. The highest BCUT2D eigenvalue weighted by Crippen LogP contribution is 2.08. The number of rotatable bonds is 5. The fourth-order valence-electron chi connectivity index (χ4n) is 1.95. The van der Waals surface area contributed by atoms with Gasteiger partial charge in [-0.25, -0.2) is 4.98 Å². The Morgan fingerprint density at radius 3 is 3.06 bits per heavy atom. The number of pyridine rings is 1. The van der Waals surface area contributed by atoms with Crippen molar-refractivity contribution in [3.05, 3.63) is 58.7 Å². The van der Waals surface area contributed by atoms with Crippen molar-refractivity contribution >= 4 is 17.0 Å². The van der Waals surface area contributed by atoms with E-state index in [1.165, 1.54) is 4.88 Å². The molecule has 0 amide bonds. The van der Waals surface area contributed by atoms with Crippen molar-refractivity contribution in [3.63, 3.8) is 0 Å². The van der Waals surface area contributed by atoms with Crippen molar-refractivity contribution in [2.24, 2.45) is 0 Å². The highest BCUT2D eigenvalue weighted by Gasteiger charge is 2.00. The highest BCUT2D eigenvalue weighted by atomic mass is 32.1. The zero-order chi connectivity index (χ0) is 12.2. The maximum Gasteiger partial charge on any atom is 0.136 e. The van der Waals surface area contributed by atoms with Crippen LogP contribution in [-0.4, -0.2) is 15.9 Å². The molecule has 18 heavy (non-hydrogen) atoms. The topological polar surface area (TPSA) is 29.3 Å². The zero-order valence-corrected chi connectivity index (χ0v) is 10.9. The van der Waals surface area contributed by atoms with Gasteiger partial charge in [0.2, 0.25) is 0 Å². The fraction of sp³-hybridized carbons (Fsp3) is 0.214. The summed E-state index contributed by atoms with van der Waals surface area (Å²) in [4.78, 5) is 5.95. The Balaban J connectivity index is 1.53. The van der Waals surface area contributed by atoms with E-state index in [1.807, 2.05) is 24.4 Å². The molecule has 3 aromatic rings. The van der Waals surface area contributed by atoms with Gasteiger partial charge < -0.3 is 9.72 Å². The van der Waals surface area contributed by atoms with E-state index >= 15 is 0 Å². The van der Waals surface area contributed by atoms with Gasteiger partial charge in [0.15, 0.2) is 0 Å². The van der Waals surface area contributed by atoms with E-state index < -0.39 is 0 Å². The van der Waals surface area contributed by atoms with Gasteiger partial charge in [0, 0.05) is 36.8 Å². The molecular formula is C14H15N3S. The first-order chi connectivity index (χ1) is 8.92. The lowest BCUT2D eigenvalue weighted by Gasteiger charge is -2.00. The van der Waals surface area contributed by atoms with Gasteiger partial charge in [0.25, 0.3) is 0 Å². The molecule has 0 aliphatic carbocycles. The van der Waals surface area contributed by atoms with Gasteiger partial charge in [-0.05, 0) is 23.6 Å². The standard InChI is InChI=1S/C14H15N3S/c1-2-8-17-11-12(16-14(17)5-1)6-7-15-10-13-4-3-9-18-13/h1-5,8-9,11,15H,6-7,10H2. The summed E-state index contributed by atoms with van der Waals surface area (Å²) < 4.78 is 2.06. The Kier molecular flexibility index (Phi) is 3.39. The molecule has 0 saturated carbocycles. The van der Waals surface area contributed by atoms with Gasteiger partial charge in [-0.15, -0.1) is 11.3 Å². The van der Waals surface area contributed by atoms with Crippen LogP contribution in [0.1, 0.15) is 10.6 Å². The first-order valence-electron chi connectivity index (χ1n) is 6.07. The summed E-state index contributed by atoms with van der Waals surface area (Å²) in [6.07, 6.45) is 5.10. The molecule has 0 aliphatic rings. The third kappa shape index (κ3) is 2.60. The number of nitrogens with one attached hydrogen (secondary N) is 1.